The zero-order chi connectivity index (χ0) is 20.1. The molecule has 1 fully saturated rings. The highest BCUT2D eigenvalue weighted by atomic mass is 16.1. The smallest absolute Gasteiger partial charge is 0.270 e. The summed E-state index contributed by atoms with van der Waals surface area (Å²) in [7, 11) is 0. The minimum atomic E-state index is -0.187. The van der Waals surface area contributed by atoms with Crippen LogP contribution in [0.1, 0.15) is 29.0 Å². The van der Waals surface area contributed by atoms with Crippen molar-refractivity contribution in [3.05, 3.63) is 84.2 Å². The Balaban J connectivity index is 1.39. The maximum absolute atomic E-state index is 12.7. The van der Waals surface area contributed by atoms with Gasteiger partial charge in [0.05, 0.1) is 6.04 Å². The standard InChI is InChI=1S/C23H25N5O/c1-18(19-8-4-2-5-9-19)25-22(29)21-12-13-24-23(26-21)28-16-14-27(15-17-28)20-10-6-3-7-11-20/h2-13,18H,14-17H2,1H3,(H,25,29). The molecule has 0 bridgehead atoms. The zero-order valence-corrected chi connectivity index (χ0v) is 16.5. The quantitative estimate of drug-likeness (QED) is 0.728. The van der Waals surface area contributed by atoms with Crippen molar-refractivity contribution in [3.8, 4) is 0 Å². The molecule has 2 heterocycles. The maximum atomic E-state index is 12.7. The third kappa shape index (κ3) is 4.54. The number of benzene rings is 2. The summed E-state index contributed by atoms with van der Waals surface area (Å²) in [5.74, 6) is 0.422. The van der Waals surface area contributed by atoms with Gasteiger partial charge in [-0.25, -0.2) is 9.97 Å². The molecule has 29 heavy (non-hydrogen) atoms. The van der Waals surface area contributed by atoms with Gasteiger partial charge in [-0.2, -0.15) is 0 Å². The number of aromatic nitrogens is 2. The van der Waals surface area contributed by atoms with E-state index in [4.69, 9.17) is 0 Å². The van der Waals surface area contributed by atoms with E-state index in [-0.39, 0.29) is 11.9 Å². The van der Waals surface area contributed by atoms with Crippen LogP contribution in [0, 0.1) is 0 Å². The molecule has 1 unspecified atom stereocenters. The molecule has 4 rings (SSSR count). The lowest BCUT2D eigenvalue weighted by molar-refractivity contribution is 0.0934. The number of rotatable bonds is 5. The largest absolute Gasteiger partial charge is 0.368 e. The van der Waals surface area contributed by atoms with Gasteiger partial charge in [0.1, 0.15) is 5.69 Å². The van der Waals surface area contributed by atoms with Crippen LogP contribution in [-0.2, 0) is 0 Å². The number of amides is 1. The van der Waals surface area contributed by atoms with Crippen molar-refractivity contribution in [2.75, 3.05) is 36.0 Å². The lowest BCUT2D eigenvalue weighted by Gasteiger charge is -2.36. The lowest BCUT2D eigenvalue weighted by atomic mass is 10.1. The molecule has 0 radical (unpaired) electrons. The summed E-state index contributed by atoms with van der Waals surface area (Å²) in [6.45, 7) is 5.41. The summed E-state index contributed by atoms with van der Waals surface area (Å²) in [6, 6.07) is 21.9. The predicted octanol–water partition coefficient (Wildman–Crippen LogP) is 3.29. The van der Waals surface area contributed by atoms with Crippen LogP contribution in [0.2, 0.25) is 0 Å². The Morgan fingerprint density at radius 1 is 0.897 bits per heavy atom. The van der Waals surface area contributed by atoms with Gasteiger partial charge in [-0.3, -0.25) is 4.79 Å². The fourth-order valence-electron chi connectivity index (χ4n) is 3.53. The lowest BCUT2D eigenvalue weighted by Crippen LogP contribution is -2.47. The number of nitrogens with zero attached hydrogens (tertiary/aromatic N) is 4. The van der Waals surface area contributed by atoms with Crippen LogP contribution in [0.5, 0.6) is 0 Å². The van der Waals surface area contributed by atoms with Crippen molar-refractivity contribution in [1.29, 1.82) is 0 Å². The monoisotopic (exact) mass is 387 g/mol. The molecule has 6 nitrogen and oxygen atoms in total. The van der Waals surface area contributed by atoms with Crippen LogP contribution in [0.15, 0.2) is 72.9 Å². The van der Waals surface area contributed by atoms with E-state index in [0.717, 1.165) is 31.7 Å². The first-order chi connectivity index (χ1) is 14.2. The second-order valence-corrected chi connectivity index (χ2v) is 7.16. The Hall–Kier alpha value is -3.41. The summed E-state index contributed by atoms with van der Waals surface area (Å²) in [5.41, 5.74) is 2.69. The van der Waals surface area contributed by atoms with Gasteiger partial charge in [0, 0.05) is 38.1 Å². The Bertz CT molecular complexity index is 940. The molecule has 1 atom stereocenters. The molecule has 1 aromatic heterocycles. The second kappa shape index (κ2) is 8.73. The predicted molar refractivity (Wildman–Crippen MR) is 115 cm³/mol. The summed E-state index contributed by atoms with van der Waals surface area (Å²) < 4.78 is 0. The topological polar surface area (TPSA) is 61.4 Å². The molecule has 3 aromatic rings. The molecule has 0 spiro atoms. The number of anilines is 2. The number of hydrogen-bond donors (Lipinski definition) is 1. The number of nitrogens with one attached hydrogen (secondary N) is 1. The molecule has 6 heteroatoms. The average Bonchev–Trinajstić information content (AvgIpc) is 2.80. The molecule has 1 N–H and O–H groups in total. The van der Waals surface area contributed by atoms with Crippen LogP contribution in [0.25, 0.3) is 0 Å². The SMILES string of the molecule is CC(NC(=O)c1ccnc(N2CCN(c3ccccc3)CC2)n1)c1ccccc1. The van der Waals surface area contributed by atoms with E-state index in [1.54, 1.807) is 12.3 Å². The van der Waals surface area contributed by atoms with Gasteiger partial charge >= 0.3 is 0 Å². The Morgan fingerprint density at radius 2 is 1.52 bits per heavy atom. The van der Waals surface area contributed by atoms with Crippen molar-refractivity contribution >= 4 is 17.5 Å². The highest BCUT2D eigenvalue weighted by Crippen LogP contribution is 2.18. The van der Waals surface area contributed by atoms with Crippen molar-refractivity contribution in [1.82, 2.24) is 15.3 Å². The summed E-state index contributed by atoms with van der Waals surface area (Å²) in [5, 5.41) is 3.02. The molecule has 1 amide bonds. The van der Waals surface area contributed by atoms with Gasteiger partial charge in [0.15, 0.2) is 0 Å². The van der Waals surface area contributed by atoms with E-state index < -0.39 is 0 Å². The highest BCUT2D eigenvalue weighted by Gasteiger charge is 2.20. The molecule has 1 saturated heterocycles. The number of piperazine rings is 1. The minimum Gasteiger partial charge on any atom is -0.368 e. The van der Waals surface area contributed by atoms with Gasteiger partial charge < -0.3 is 15.1 Å². The molecule has 1 aliphatic heterocycles. The minimum absolute atomic E-state index is 0.0865. The zero-order valence-electron chi connectivity index (χ0n) is 16.5. The van der Waals surface area contributed by atoms with Crippen LogP contribution >= 0.6 is 0 Å². The number of hydrogen-bond acceptors (Lipinski definition) is 5. The van der Waals surface area contributed by atoms with Gasteiger partial charge in [-0.05, 0) is 30.7 Å². The van der Waals surface area contributed by atoms with E-state index >= 15 is 0 Å². The third-order valence-corrected chi connectivity index (χ3v) is 5.21. The Kier molecular flexibility index (Phi) is 5.70. The third-order valence-electron chi connectivity index (χ3n) is 5.21. The van der Waals surface area contributed by atoms with E-state index in [1.807, 2.05) is 43.3 Å². The maximum Gasteiger partial charge on any atom is 0.270 e. The van der Waals surface area contributed by atoms with Gasteiger partial charge in [0.2, 0.25) is 5.95 Å². The molecular formula is C23H25N5O. The second-order valence-electron chi connectivity index (χ2n) is 7.16. The van der Waals surface area contributed by atoms with E-state index in [2.05, 4.69) is 49.4 Å². The first kappa shape index (κ1) is 18.9. The Labute approximate surface area is 171 Å². The van der Waals surface area contributed by atoms with Crippen LogP contribution in [0.3, 0.4) is 0 Å². The van der Waals surface area contributed by atoms with Crippen molar-refractivity contribution < 1.29 is 4.79 Å². The summed E-state index contributed by atoms with van der Waals surface area (Å²) >= 11 is 0. The van der Waals surface area contributed by atoms with Crippen LogP contribution in [0.4, 0.5) is 11.6 Å². The molecule has 0 saturated carbocycles. The molecule has 1 aliphatic rings. The van der Waals surface area contributed by atoms with Crippen molar-refractivity contribution in [2.24, 2.45) is 0 Å². The fraction of sp³-hybridized carbons (Fsp3) is 0.261. The summed E-state index contributed by atoms with van der Waals surface area (Å²) in [6.07, 6.45) is 1.66. The molecule has 2 aromatic carbocycles. The van der Waals surface area contributed by atoms with E-state index in [1.165, 1.54) is 5.69 Å². The molecule has 148 valence electrons. The molecule has 0 aliphatic carbocycles. The first-order valence-electron chi connectivity index (χ1n) is 9.94. The van der Waals surface area contributed by atoms with Crippen LogP contribution in [-0.4, -0.2) is 42.1 Å². The van der Waals surface area contributed by atoms with Gasteiger partial charge in [-0.1, -0.05) is 48.5 Å². The molecular weight excluding hydrogens is 362 g/mol. The van der Waals surface area contributed by atoms with Crippen LogP contribution < -0.4 is 15.1 Å². The number of carbonyl (C=O) groups is 1. The van der Waals surface area contributed by atoms with Crippen molar-refractivity contribution in [3.63, 3.8) is 0 Å². The van der Waals surface area contributed by atoms with E-state index in [9.17, 15) is 4.79 Å². The normalized spacial score (nSPS) is 15.1. The fourth-order valence-corrected chi connectivity index (χ4v) is 3.53. The summed E-state index contributed by atoms with van der Waals surface area (Å²) in [4.78, 5) is 26.1. The van der Waals surface area contributed by atoms with Crippen molar-refractivity contribution in [2.45, 2.75) is 13.0 Å². The first-order valence-corrected chi connectivity index (χ1v) is 9.94. The van der Waals surface area contributed by atoms with Gasteiger partial charge in [-0.15, -0.1) is 0 Å². The van der Waals surface area contributed by atoms with E-state index in [0.29, 0.717) is 11.6 Å². The Morgan fingerprint density at radius 3 is 2.21 bits per heavy atom. The highest BCUT2D eigenvalue weighted by molar-refractivity contribution is 5.92. The number of carbonyl (C=O) groups excluding carboxylic acids is 1. The average molecular weight is 387 g/mol. The number of para-hydroxylation sites is 1. The van der Waals surface area contributed by atoms with Gasteiger partial charge in [0.25, 0.3) is 5.91 Å².